The van der Waals surface area contributed by atoms with E-state index in [1.54, 1.807) is 7.11 Å². The first-order valence-corrected chi connectivity index (χ1v) is 10.8. The highest BCUT2D eigenvalue weighted by molar-refractivity contribution is 6.06. The molecule has 4 heteroatoms. The van der Waals surface area contributed by atoms with Gasteiger partial charge in [0.05, 0.1) is 18.5 Å². The number of ether oxygens (including phenoxy) is 1. The molecule has 1 amide bonds. The highest BCUT2D eigenvalue weighted by atomic mass is 16.5. The van der Waals surface area contributed by atoms with Crippen LogP contribution in [0.3, 0.4) is 0 Å². The van der Waals surface area contributed by atoms with Crippen LogP contribution in [0, 0.1) is 24.7 Å². The number of rotatable bonds is 4. The van der Waals surface area contributed by atoms with E-state index in [-0.39, 0.29) is 11.3 Å². The smallest absolute Gasteiger partial charge is 0.255 e. The average molecular weight is 391 g/mol. The highest BCUT2D eigenvalue weighted by Gasteiger charge is 2.52. The average Bonchev–Trinajstić information content (AvgIpc) is 2.69. The van der Waals surface area contributed by atoms with Crippen LogP contribution in [0.15, 0.2) is 36.4 Å². The minimum atomic E-state index is -0.115. The Bertz CT molecular complexity index is 930. The Hall–Kier alpha value is -2.49. The number of nitrogens with two attached hydrogens (primary N) is 1. The fourth-order valence-electron chi connectivity index (χ4n) is 6.68. The topological polar surface area (TPSA) is 64.3 Å². The molecule has 0 unspecified atom stereocenters. The first-order valence-electron chi connectivity index (χ1n) is 10.8. The Kier molecular flexibility index (Phi) is 4.34. The summed E-state index contributed by atoms with van der Waals surface area (Å²) in [6.45, 7) is 1.99. The van der Waals surface area contributed by atoms with E-state index in [0.29, 0.717) is 16.9 Å². The minimum absolute atomic E-state index is 0.115. The molecule has 4 bridgehead atoms. The van der Waals surface area contributed by atoms with Gasteiger partial charge in [0.15, 0.2) is 0 Å². The summed E-state index contributed by atoms with van der Waals surface area (Å²) in [7, 11) is 1.74. The minimum Gasteiger partial charge on any atom is -0.496 e. The lowest BCUT2D eigenvalue weighted by atomic mass is 9.48. The van der Waals surface area contributed by atoms with Gasteiger partial charge in [0.1, 0.15) is 5.75 Å². The summed E-state index contributed by atoms with van der Waals surface area (Å²) >= 11 is 0. The van der Waals surface area contributed by atoms with Crippen LogP contribution < -0.4 is 15.8 Å². The summed E-state index contributed by atoms with van der Waals surface area (Å²) in [6.07, 6.45) is 7.92. The molecule has 6 rings (SSSR count). The van der Waals surface area contributed by atoms with E-state index < -0.39 is 0 Å². The van der Waals surface area contributed by atoms with Crippen LogP contribution in [-0.4, -0.2) is 13.0 Å². The zero-order chi connectivity index (χ0) is 20.2. The van der Waals surface area contributed by atoms with Crippen LogP contribution in [-0.2, 0) is 5.41 Å². The second-order valence-electron chi connectivity index (χ2n) is 9.66. The van der Waals surface area contributed by atoms with Crippen molar-refractivity contribution in [1.29, 1.82) is 0 Å². The van der Waals surface area contributed by atoms with Crippen molar-refractivity contribution >= 4 is 17.3 Å². The summed E-state index contributed by atoms with van der Waals surface area (Å²) in [4.78, 5) is 13.0. The van der Waals surface area contributed by atoms with Crippen molar-refractivity contribution in [1.82, 2.24) is 0 Å². The normalized spacial score (nSPS) is 29.7. The molecule has 0 heterocycles. The molecule has 4 fully saturated rings. The maximum Gasteiger partial charge on any atom is 0.255 e. The van der Waals surface area contributed by atoms with E-state index in [4.69, 9.17) is 10.5 Å². The molecule has 0 spiro atoms. The molecular formula is C25H30N2O2. The van der Waals surface area contributed by atoms with Crippen LogP contribution in [0.25, 0.3) is 0 Å². The van der Waals surface area contributed by atoms with E-state index in [1.165, 1.54) is 44.1 Å². The van der Waals surface area contributed by atoms with Crippen molar-refractivity contribution in [2.75, 3.05) is 18.2 Å². The van der Waals surface area contributed by atoms with Gasteiger partial charge in [0.25, 0.3) is 5.91 Å². The van der Waals surface area contributed by atoms with Gasteiger partial charge in [-0.15, -0.1) is 0 Å². The summed E-state index contributed by atoms with van der Waals surface area (Å²) in [5, 5.41) is 3.00. The number of anilines is 2. The van der Waals surface area contributed by atoms with Crippen LogP contribution >= 0.6 is 0 Å². The molecule has 0 aliphatic heterocycles. The number of carbonyl (C=O) groups is 1. The van der Waals surface area contributed by atoms with E-state index in [1.807, 2.05) is 37.3 Å². The predicted molar refractivity (Wildman–Crippen MR) is 116 cm³/mol. The van der Waals surface area contributed by atoms with Gasteiger partial charge < -0.3 is 15.8 Å². The quantitative estimate of drug-likeness (QED) is 0.696. The van der Waals surface area contributed by atoms with Gasteiger partial charge in [-0.25, -0.2) is 0 Å². The van der Waals surface area contributed by atoms with E-state index in [9.17, 15) is 4.79 Å². The third-order valence-electron chi connectivity index (χ3n) is 7.53. The highest BCUT2D eigenvalue weighted by Crippen LogP contribution is 2.61. The molecule has 3 N–H and O–H groups in total. The number of hydrogen-bond acceptors (Lipinski definition) is 3. The molecule has 4 aliphatic carbocycles. The van der Waals surface area contributed by atoms with Gasteiger partial charge in [-0.05, 0) is 105 Å². The number of methoxy groups -OCH3 is 1. The molecule has 4 nitrogen and oxygen atoms in total. The Labute approximate surface area is 172 Å². The van der Waals surface area contributed by atoms with Crippen molar-refractivity contribution in [3.63, 3.8) is 0 Å². The Morgan fingerprint density at radius 3 is 2.31 bits per heavy atom. The van der Waals surface area contributed by atoms with Gasteiger partial charge >= 0.3 is 0 Å². The van der Waals surface area contributed by atoms with E-state index in [0.717, 1.165) is 29.1 Å². The molecule has 4 aliphatic rings. The Balaban J connectivity index is 1.49. The van der Waals surface area contributed by atoms with Gasteiger partial charge in [-0.1, -0.05) is 6.07 Å². The largest absolute Gasteiger partial charge is 0.496 e. The molecule has 0 aromatic heterocycles. The van der Waals surface area contributed by atoms with Gasteiger partial charge in [-0.2, -0.15) is 0 Å². The zero-order valence-corrected chi connectivity index (χ0v) is 17.3. The third kappa shape index (κ3) is 3.19. The number of nitrogens with one attached hydrogen (secondary N) is 1. The number of aryl methyl sites for hydroxylation is 1. The monoisotopic (exact) mass is 390 g/mol. The van der Waals surface area contributed by atoms with Gasteiger partial charge in [0, 0.05) is 11.1 Å². The summed E-state index contributed by atoms with van der Waals surface area (Å²) < 4.78 is 5.77. The number of nitrogen functional groups attached to an aromatic ring is 1. The summed E-state index contributed by atoms with van der Waals surface area (Å²) in [5.74, 6) is 3.34. The van der Waals surface area contributed by atoms with Gasteiger partial charge in [0.2, 0.25) is 0 Å². The number of hydrogen-bond donors (Lipinski definition) is 2. The Morgan fingerprint density at radius 2 is 1.69 bits per heavy atom. The number of benzene rings is 2. The summed E-state index contributed by atoms with van der Waals surface area (Å²) in [5.41, 5.74) is 10.5. The van der Waals surface area contributed by atoms with Gasteiger partial charge in [-0.3, -0.25) is 4.79 Å². The van der Waals surface area contributed by atoms with Crippen molar-refractivity contribution in [3.8, 4) is 5.75 Å². The Morgan fingerprint density at radius 1 is 1.03 bits per heavy atom. The SMILES string of the molecule is COc1ccc(C(=O)Nc2cc(C)ccc2N)cc1C12CC3CC(CC(C3)C1)C2. The maximum atomic E-state index is 13.0. The second kappa shape index (κ2) is 6.79. The molecule has 2 aromatic rings. The van der Waals surface area contributed by atoms with Crippen LogP contribution in [0.4, 0.5) is 11.4 Å². The lowest BCUT2D eigenvalue weighted by Crippen LogP contribution is -2.48. The van der Waals surface area contributed by atoms with E-state index in [2.05, 4.69) is 11.4 Å². The lowest BCUT2D eigenvalue weighted by Gasteiger charge is -2.57. The lowest BCUT2D eigenvalue weighted by molar-refractivity contribution is -0.00617. The van der Waals surface area contributed by atoms with Crippen molar-refractivity contribution in [3.05, 3.63) is 53.1 Å². The molecule has 2 aromatic carbocycles. The molecular weight excluding hydrogens is 360 g/mol. The molecule has 0 radical (unpaired) electrons. The van der Waals surface area contributed by atoms with Crippen molar-refractivity contribution in [2.45, 2.75) is 50.9 Å². The molecule has 29 heavy (non-hydrogen) atoms. The van der Waals surface area contributed by atoms with Crippen LogP contribution in [0.5, 0.6) is 5.75 Å². The first kappa shape index (κ1) is 18.5. The number of amides is 1. The van der Waals surface area contributed by atoms with E-state index >= 15 is 0 Å². The van der Waals surface area contributed by atoms with Crippen LogP contribution in [0.1, 0.15) is 60.0 Å². The first-order chi connectivity index (χ1) is 14.0. The molecule has 0 atom stereocenters. The number of carbonyl (C=O) groups excluding carboxylic acids is 1. The fraction of sp³-hybridized carbons (Fsp3) is 0.480. The van der Waals surface area contributed by atoms with Crippen molar-refractivity contribution in [2.24, 2.45) is 17.8 Å². The maximum absolute atomic E-state index is 13.0. The second-order valence-corrected chi connectivity index (χ2v) is 9.66. The molecule has 0 saturated heterocycles. The summed E-state index contributed by atoms with van der Waals surface area (Å²) in [6, 6.07) is 11.6. The standard InChI is InChI=1S/C25H30N2O2/c1-15-3-5-21(26)22(7-15)27-24(28)19-4-6-23(29-2)20(11-19)25-12-16-8-17(13-25)10-18(9-16)14-25/h3-7,11,16-18H,8-10,12-14,26H2,1-2H3,(H,27,28). The predicted octanol–water partition coefficient (Wildman–Crippen LogP) is 5.31. The molecule has 152 valence electrons. The molecule has 4 saturated carbocycles. The van der Waals surface area contributed by atoms with Crippen molar-refractivity contribution < 1.29 is 9.53 Å². The third-order valence-corrected chi connectivity index (χ3v) is 7.53. The zero-order valence-electron chi connectivity index (χ0n) is 17.3. The fourth-order valence-corrected chi connectivity index (χ4v) is 6.68. The van der Waals surface area contributed by atoms with Crippen LogP contribution in [0.2, 0.25) is 0 Å².